The van der Waals surface area contributed by atoms with Gasteiger partial charge in [-0.3, -0.25) is 9.69 Å². The summed E-state index contributed by atoms with van der Waals surface area (Å²) in [5, 5.41) is 6.57. The molecule has 1 spiro atoms. The summed E-state index contributed by atoms with van der Waals surface area (Å²) < 4.78 is 6.08. The van der Waals surface area contributed by atoms with Crippen molar-refractivity contribution in [3.63, 3.8) is 0 Å². The minimum absolute atomic E-state index is 0.0805. The number of nitrogens with one attached hydrogen (secondary N) is 2. The van der Waals surface area contributed by atoms with Gasteiger partial charge in [-0.25, -0.2) is 0 Å². The lowest BCUT2D eigenvalue weighted by Gasteiger charge is -2.32. The Kier molecular flexibility index (Phi) is 5.37. The van der Waals surface area contributed by atoms with Gasteiger partial charge in [-0.2, -0.15) is 0 Å². The largest absolute Gasteiger partial charge is 0.373 e. The first-order chi connectivity index (χ1) is 10.7. The zero-order valence-corrected chi connectivity index (χ0v) is 13.9. The Morgan fingerprint density at radius 1 is 1.27 bits per heavy atom. The number of likely N-dealkylation sites (N-methyl/N-ethyl adjacent to an activating group) is 1. The van der Waals surface area contributed by atoms with Gasteiger partial charge in [0.2, 0.25) is 5.91 Å². The SMILES string of the molecule is CN(CC(=O)N[C@H]1COC2(CCCCC2)C1)C1CCNCC1. The number of piperidine rings is 1. The van der Waals surface area contributed by atoms with Gasteiger partial charge in [-0.05, 0) is 52.2 Å². The van der Waals surface area contributed by atoms with Crippen LogP contribution in [0.4, 0.5) is 0 Å². The molecule has 3 fully saturated rings. The number of nitrogens with zero attached hydrogens (tertiary/aromatic N) is 1. The maximum Gasteiger partial charge on any atom is 0.234 e. The highest BCUT2D eigenvalue weighted by molar-refractivity contribution is 5.78. The van der Waals surface area contributed by atoms with Crippen LogP contribution in [0.2, 0.25) is 0 Å². The summed E-state index contributed by atoms with van der Waals surface area (Å²) >= 11 is 0. The summed E-state index contributed by atoms with van der Waals surface area (Å²) in [7, 11) is 2.07. The first kappa shape index (κ1) is 16.2. The summed E-state index contributed by atoms with van der Waals surface area (Å²) in [6.45, 7) is 3.34. The molecule has 2 aliphatic heterocycles. The van der Waals surface area contributed by atoms with Crippen LogP contribution in [-0.4, -0.2) is 61.8 Å². The lowest BCUT2D eigenvalue weighted by molar-refractivity contribution is -0.123. The van der Waals surface area contributed by atoms with E-state index in [-0.39, 0.29) is 17.6 Å². The molecule has 2 saturated heterocycles. The third kappa shape index (κ3) is 4.00. The van der Waals surface area contributed by atoms with Crippen LogP contribution >= 0.6 is 0 Å². The van der Waals surface area contributed by atoms with E-state index in [2.05, 4.69) is 22.6 Å². The van der Waals surface area contributed by atoms with Crippen LogP contribution in [0.1, 0.15) is 51.4 Å². The number of ether oxygens (including phenoxy) is 1. The van der Waals surface area contributed by atoms with E-state index < -0.39 is 0 Å². The molecule has 1 amide bonds. The van der Waals surface area contributed by atoms with E-state index >= 15 is 0 Å². The third-order valence-corrected chi connectivity index (χ3v) is 5.66. The fourth-order valence-corrected chi connectivity index (χ4v) is 4.36. The Balaban J connectivity index is 1.42. The molecule has 0 bridgehead atoms. The number of carbonyl (C=O) groups excluding carboxylic acids is 1. The monoisotopic (exact) mass is 309 g/mol. The van der Waals surface area contributed by atoms with Crippen molar-refractivity contribution >= 4 is 5.91 Å². The number of hydrogen-bond donors (Lipinski definition) is 2. The molecule has 0 unspecified atom stereocenters. The number of carbonyl (C=O) groups is 1. The average Bonchev–Trinajstić information content (AvgIpc) is 2.90. The molecule has 2 heterocycles. The van der Waals surface area contributed by atoms with Crippen molar-refractivity contribution < 1.29 is 9.53 Å². The maximum absolute atomic E-state index is 12.3. The Hall–Kier alpha value is -0.650. The highest BCUT2D eigenvalue weighted by Gasteiger charge is 2.41. The number of rotatable bonds is 4. The molecule has 0 aromatic heterocycles. The molecule has 3 rings (SSSR count). The maximum atomic E-state index is 12.3. The summed E-state index contributed by atoms with van der Waals surface area (Å²) in [6, 6.07) is 0.753. The van der Waals surface area contributed by atoms with Crippen molar-refractivity contribution in [3.8, 4) is 0 Å². The van der Waals surface area contributed by atoms with E-state index in [1.54, 1.807) is 0 Å². The van der Waals surface area contributed by atoms with Crippen molar-refractivity contribution in [2.75, 3.05) is 33.3 Å². The van der Waals surface area contributed by atoms with Crippen LogP contribution in [0.15, 0.2) is 0 Å². The van der Waals surface area contributed by atoms with E-state index in [9.17, 15) is 4.79 Å². The van der Waals surface area contributed by atoms with Crippen molar-refractivity contribution in [3.05, 3.63) is 0 Å². The predicted octanol–water partition coefficient (Wildman–Crippen LogP) is 1.28. The highest BCUT2D eigenvalue weighted by atomic mass is 16.5. The third-order valence-electron chi connectivity index (χ3n) is 5.66. The van der Waals surface area contributed by atoms with Crippen molar-refractivity contribution in [1.82, 2.24) is 15.5 Å². The van der Waals surface area contributed by atoms with Gasteiger partial charge < -0.3 is 15.4 Å². The lowest BCUT2D eigenvalue weighted by Crippen LogP contribution is -2.47. The number of amides is 1. The summed E-state index contributed by atoms with van der Waals surface area (Å²) in [4.78, 5) is 14.5. The molecular weight excluding hydrogens is 278 g/mol. The van der Waals surface area contributed by atoms with E-state index in [1.807, 2.05) is 0 Å². The molecule has 1 atom stereocenters. The molecular formula is C17H31N3O2. The van der Waals surface area contributed by atoms with Crippen LogP contribution in [0.5, 0.6) is 0 Å². The van der Waals surface area contributed by atoms with E-state index in [4.69, 9.17) is 4.74 Å². The molecule has 1 aliphatic carbocycles. The second-order valence-corrected chi connectivity index (χ2v) is 7.42. The van der Waals surface area contributed by atoms with Crippen molar-refractivity contribution in [2.24, 2.45) is 0 Å². The van der Waals surface area contributed by atoms with Crippen molar-refractivity contribution in [2.45, 2.75) is 69.1 Å². The topological polar surface area (TPSA) is 53.6 Å². The average molecular weight is 309 g/mol. The molecule has 22 heavy (non-hydrogen) atoms. The Bertz CT molecular complexity index is 376. The van der Waals surface area contributed by atoms with Gasteiger partial charge in [0.1, 0.15) is 0 Å². The smallest absolute Gasteiger partial charge is 0.234 e. The summed E-state index contributed by atoms with van der Waals surface area (Å²) in [5.74, 6) is 0.155. The molecule has 0 aromatic carbocycles. The van der Waals surface area contributed by atoms with Gasteiger partial charge in [-0.15, -0.1) is 0 Å². The standard InChI is InChI=1S/C17H31N3O2/c1-20(15-5-9-18-10-6-15)12-16(21)19-14-11-17(22-13-14)7-3-2-4-8-17/h14-15,18H,2-13H2,1H3,(H,19,21)/t14-/m1/s1. The van der Waals surface area contributed by atoms with Crippen LogP contribution in [-0.2, 0) is 9.53 Å². The molecule has 126 valence electrons. The zero-order chi connectivity index (χ0) is 15.4. The lowest BCUT2D eigenvalue weighted by atomic mass is 9.82. The molecule has 0 radical (unpaired) electrons. The van der Waals surface area contributed by atoms with Gasteiger partial charge in [0, 0.05) is 6.04 Å². The molecule has 5 heteroatoms. The summed E-state index contributed by atoms with van der Waals surface area (Å²) in [5.41, 5.74) is 0.0805. The van der Waals surface area contributed by atoms with E-state index in [0.717, 1.165) is 32.4 Å². The van der Waals surface area contributed by atoms with Gasteiger partial charge in [-0.1, -0.05) is 19.3 Å². The van der Waals surface area contributed by atoms with Crippen LogP contribution in [0.25, 0.3) is 0 Å². The number of hydrogen-bond acceptors (Lipinski definition) is 4. The Labute approximate surface area is 134 Å². The fraction of sp³-hybridized carbons (Fsp3) is 0.941. The second kappa shape index (κ2) is 7.28. The minimum Gasteiger partial charge on any atom is -0.373 e. The van der Waals surface area contributed by atoms with E-state index in [1.165, 1.54) is 32.1 Å². The fourth-order valence-electron chi connectivity index (χ4n) is 4.36. The van der Waals surface area contributed by atoms with Gasteiger partial charge >= 0.3 is 0 Å². The van der Waals surface area contributed by atoms with Crippen molar-refractivity contribution in [1.29, 1.82) is 0 Å². The molecule has 2 N–H and O–H groups in total. The quantitative estimate of drug-likeness (QED) is 0.821. The highest BCUT2D eigenvalue weighted by Crippen LogP contribution is 2.39. The molecule has 1 saturated carbocycles. The van der Waals surface area contributed by atoms with Gasteiger partial charge in [0.15, 0.2) is 0 Å². The first-order valence-electron chi connectivity index (χ1n) is 9.01. The Morgan fingerprint density at radius 3 is 2.73 bits per heavy atom. The van der Waals surface area contributed by atoms with Gasteiger partial charge in [0.25, 0.3) is 0 Å². The molecule has 5 nitrogen and oxygen atoms in total. The van der Waals surface area contributed by atoms with E-state index in [0.29, 0.717) is 19.2 Å². The van der Waals surface area contributed by atoms with Crippen LogP contribution in [0, 0.1) is 0 Å². The minimum atomic E-state index is 0.0805. The normalized spacial score (nSPS) is 29.1. The first-order valence-corrected chi connectivity index (χ1v) is 9.01. The second-order valence-electron chi connectivity index (χ2n) is 7.42. The molecule has 3 aliphatic rings. The molecule has 0 aromatic rings. The zero-order valence-electron chi connectivity index (χ0n) is 13.9. The predicted molar refractivity (Wildman–Crippen MR) is 86.8 cm³/mol. The Morgan fingerprint density at radius 2 is 2.00 bits per heavy atom. The van der Waals surface area contributed by atoms with Gasteiger partial charge in [0.05, 0.1) is 24.8 Å². The van der Waals surface area contributed by atoms with Crippen LogP contribution < -0.4 is 10.6 Å². The summed E-state index contributed by atoms with van der Waals surface area (Å²) in [6.07, 6.45) is 9.53. The van der Waals surface area contributed by atoms with Crippen LogP contribution in [0.3, 0.4) is 0 Å².